The van der Waals surface area contributed by atoms with Crippen molar-refractivity contribution < 1.29 is 35.9 Å². The molecular formula is C28H25F6N7O2. The number of carbonyl (C=O) groups excluding carboxylic acids is 1. The largest absolute Gasteiger partial charge is 0.450 e. The topological polar surface area (TPSA) is 96.4 Å². The van der Waals surface area contributed by atoms with E-state index >= 15 is 0 Å². The maximum atomic E-state index is 13.7. The van der Waals surface area contributed by atoms with Crippen LogP contribution in [0.4, 0.5) is 42.6 Å². The molecule has 5 rings (SSSR count). The van der Waals surface area contributed by atoms with Crippen LogP contribution >= 0.6 is 0 Å². The minimum atomic E-state index is -4.64. The third kappa shape index (κ3) is 6.93. The van der Waals surface area contributed by atoms with Crippen molar-refractivity contribution in [2.45, 2.75) is 25.8 Å². The van der Waals surface area contributed by atoms with Crippen molar-refractivity contribution in [1.82, 2.24) is 29.7 Å². The number of nitrogens with one attached hydrogen (secondary N) is 1. The van der Waals surface area contributed by atoms with E-state index in [1.165, 1.54) is 36.5 Å². The van der Waals surface area contributed by atoms with Crippen LogP contribution in [-0.2, 0) is 23.6 Å². The standard InChI is InChI=1S/C28H25F6N7O2/c1-2-43-26(42)41-12-10-40(11-13-41)16-23-38-21-14-17(24-20(27(29,30)31)4-3-9-35-24)5-7-19(21)25(39-23)37-18-6-8-22(36-15-18)28(32,33)34/h3-9,14-15H,2,10-13,16H2,1H3,(H,37,38,39). The van der Waals surface area contributed by atoms with Crippen LogP contribution in [0.3, 0.4) is 0 Å². The molecule has 0 radical (unpaired) electrons. The van der Waals surface area contributed by atoms with E-state index in [0.717, 1.165) is 18.3 Å². The van der Waals surface area contributed by atoms with Crippen molar-refractivity contribution in [1.29, 1.82) is 0 Å². The van der Waals surface area contributed by atoms with Crippen molar-refractivity contribution in [3.63, 3.8) is 0 Å². The molecule has 3 aromatic heterocycles. The Hall–Kier alpha value is -4.53. The number of ether oxygens (including phenoxy) is 1. The molecule has 1 N–H and O–H groups in total. The predicted molar refractivity (Wildman–Crippen MR) is 144 cm³/mol. The van der Waals surface area contributed by atoms with Gasteiger partial charge in [-0.1, -0.05) is 6.07 Å². The molecule has 4 heterocycles. The highest BCUT2D eigenvalue weighted by Gasteiger charge is 2.34. The van der Waals surface area contributed by atoms with Gasteiger partial charge in [0.05, 0.1) is 41.8 Å². The predicted octanol–water partition coefficient (Wildman–Crippen LogP) is 6.14. The Kier molecular flexibility index (Phi) is 8.35. The second kappa shape index (κ2) is 12.0. The maximum Gasteiger partial charge on any atom is 0.433 e. The zero-order valence-electron chi connectivity index (χ0n) is 22.7. The molecule has 0 saturated carbocycles. The van der Waals surface area contributed by atoms with E-state index < -0.39 is 29.7 Å². The molecule has 226 valence electrons. The number of alkyl halides is 6. The number of piperazine rings is 1. The van der Waals surface area contributed by atoms with Gasteiger partial charge >= 0.3 is 18.4 Å². The van der Waals surface area contributed by atoms with Gasteiger partial charge in [0.2, 0.25) is 0 Å². The van der Waals surface area contributed by atoms with Gasteiger partial charge in [-0.3, -0.25) is 9.88 Å². The summed E-state index contributed by atoms with van der Waals surface area (Å²) in [5.41, 5.74) is -1.54. The second-order valence-electron chi connectivity index (χ2n) is 9.63. The Morgan fingerprint density at radius 1 is 0.953 bits per heavy atom. The highest BCUT2D eigenvalue weighted by Crippen LogP contribution is 2.37. The number of hydrogen-bond donors (Lipinski definition) is 1. The molecule has 4 aromatic rings. The monoisotopic (exact) mass is 605 g/mol. The van der Waals surface area contributed by atoms with Crippen LogP contribution in [0.5, 0.6) is 0 Å². The van der Waals surface area contributed by atoms with Crippen LogP contribution in [-0.4, -0.2) is 68.6 Å². The van der Waals surface area contributed by atoms with E-state index in [4.69, 9.17) is 4.74 Å². The lowest BCUT2D eigenvalue weighted by Gasteiger charge is -2.33. The SMILES string of the molecule is CCOC(=O)N1CCN(Cc2nc(Nc3ccc(C(F)(F)F)nc3)c3ccc(-c4ncccc4C(F)(F)F)cc3n2)CC1. The van der Waals surface area contributed by atoms with Crippen LogP contribution in [0, 0.1) is 0 Å². The summed E-state index contributed by atoms with van der Waals surface area (Å²) < 4.78 is 85.2. The van der Waals surface area contributed by atoms with Gasteiger partial charge < -0.3 is 15.0 Å². The summed E-state index contributed by atoms with van der Waals surface area (Å²) in [5, 5.41) is 3.39. The first-order valence-electron chi connectivity index (χ1n) is 13.2. The molecule has 1 aromatic carbocycles. The lowest BCUT2D eigenvalue weighted by atomic mass is 10.0. The van der Waals surface area contributed by atoms with Crippen LogP contribution in [0.1, 0.15) is 24.0 Å². The van der Waals surface area contributed by atoms with Gasteiger partial charge in [0.15, 0.2) is 0 Å². The Labute approximate surface area is 241 Å². The average molecular weight is 606 g/mol. The van der Waals surface area contributed by atoms with Gasteiger partial charge in [0.25, 0.3) is 0 Å². The third-order valence-electron chi connectivity index (χ3n) is 6.71. The molecule has 1 saturated heterocycles. The molecule has 0 unspecified atom stereocenters. The number of aromatic nitrogens is 4. The van der Waals surface area contributed by atoms with Crippen molar-refractivity contribution in [3.05, 3.63) is 71.9 Å². The molecule has 1 amide bonds. The lowest BCUT2D eigenvalue weighted by molar-refractivity contribution is -0.141. The second-order valence-corrected chi connectivity index (χ2v) is 9.63. The first-order chi connectivity index (χ1) is 20.4. The van der Waals surface area contributed by atoms with E-state index in [1.54, 1.807) is 11.8 Å². The van der Waals surface area contributed by atoms with Crippen molar-refractivity contribution in [3.8, 4) is 11.3 Å². The molecular weight excluding hydrogens is 580 g/mol. The number of carbonyl (C=O) groups is 1. The fraction of sp³-hybridized carbons (Fsp3) is 0.321. The average Bonchev–Trinajstić information content (AvgIpc) is 2.97. The summed E-state index contributed by atoms with van der Waals surface area (Å²) >= 11 is 0. The molecule has 43 heavy (non-hydrogen) atoms. The normalized spacial score (nSPS) is 14.6. The van der Waals surface area contributed by atoms with Crippen LogP contribution < -0.4 is 5.32 Å². The number of fused-ring (bicyclic) bond motifs is 1. The number of anilines is 2. The number of benzene rings is 1. The summed E-state index contributed by atoms with van der Waals surface area (Å²) in [6, 6.07) is 8.62. The number of hydrogen-bond acceptors (Lipinski definition) is 8. The van der Waals surface area contributed by atoms with Gasteiger partial charge in [-0.2, -0.15) is 26.3 Å². The zero-order chi connectivity index (χ0) is 30.8. The van der Waals surface area contributed by atoms with Crippen LogP contribution in [0.25, 0.3) is 22.2 Å². The van der Waals surface area contributed by atoms with Gasteiger partial charge in [0, 0.05) is 43.3 Å². The molecule has 1 fully saturated rings. The van der Waals surface area contributed by atoms with Gasteiger partial charge in [-0.25, -0.2) is 19.7 Å². The fourth-order valence-electron chi connectivity index (χ4n) is 4.63. The molecule has 0 atom stereocenters. The molecule has 0 bridgehead atoms. The Balaban J connectivity index is 1.49. The summed E-state index contributed by atoms with van der Waals surface area (Å²) in [4.78, 5) is 32.3. The molecule has 1 aliphatic rings. The quantitative estimate of drug-likeness (QED) is 0.262. The van der Waals surface area contributed by atoms with Crippen LogP contribution in [0.2, 0.25) is 0 Å². The molecule has 9 nitrogen and oxygen atoms in total. The Morgan fingerprint density at radius 2 is 1.72 bits per heavy atom. The summed E-state index contributed by atoms with van der Waals surface area (Å²) in [6.45, 7) is 4.05. The minimum Gasteiger partial charge on any atom is -0.450 e. The number of pyridine rings is 2. The molecule has 1 aliphatic heterocycles. The highest BCUT2D eigenvalue weighted by atomic mass is 19.4. The van der Waals surface area contributed by atoms with E-state index in [1.807, 2.05) is 4.90 Å². The Bertz CT molecular complexity index is 1600. The fourth-order valence-corrected chi connectivity index (χ4v) is 4.63. The van der Waals surface area contributed by atoms with E-state index in [0.29, 0.717) is 42.9 Å². The smallest absolute Gasteiger partial charge is 0.433 e. The highest BCUT2D eigenvalue weighted by molar-refractivity contribution is 5.93. The zero-order valence-corrected chi connectivity index (χ0v) is 22.7. The molecule has 0 spiro atoms. The summed E-state index contributed by atoms with van der Waals surface area (Å²) in [6.07, 6.45) is -7.37. The van der Waals surface area contributed by atoms with Gasteiger partial charge in [0.1, 0.15) is 17.3 Å². The number of rotatable bonds is 6. The molecule has 0 aliphatic carbocycles. The summed E-state index contributed by atoms with van der Waals surface area (Å²) in [5.74, 6) is 0.545. The minimum absolute atomic E-state index is 0.176. The first kappa shape index (κ1) is 29.9. The maximum absolute atomic E-state index is 13.7. The van der Waals surface area contributed by atoms with Crippen molar-refractivity contribution in [2.24, 2.45) is 0 Å². The van der Waals surface area contributed by atoms with E-state index in [9.17, 15) is 31.1 Å². The molecule has 15 heteroatoms. The summed E-state index contributed by atoms with van der Waals surface area (Å²) in [7, 11) is 0. The number of nitrogens with zero attached hydrogens (tertiary/aromatic N) is 6. The Morgan fingerprint density at radius 3 is 2.37 bits per heavy atom. The number of halogens is 6. The number of amides is 1. The first-order valence-corrected chi connectivity index (χ1v) is 13.2. The van der Waals surface area contributed by atoms with E-state index in [2.05, 4.69) is 25.3 Å². The van der Waals surface area contributed by atoms with Gasteiger partial charge in [-0.15, -0.1) is 0 Å². The van der Waals surface area contributed by atoms with Gasteiger partial charge in [-0.05, 0) is 43.3 Å². The van der Waals surface area contributed by atoms with Crippen molar-refractivity contribution >= 4 is 28.5 Å². The van der Waals surface area contributed by atoms with Crippen molar-refractivity contribution in [2.75, 3.05) is 38.1 Å². The third-order valence-corrected chi connectivity index (χ3v) is 6.71. The van der Waals surface area contributed by atoms with Crippen LogP contribution in [0.15, 0.2) is 54.9 Å². The van der Waals surface area contributed by atoms with E-state index in [-0.39, 0.29) is 35.9 Å². The lowest BCUT2D eigenvalue weighted by Crippen LogP contribution is -2.48.